The summed E-state index contributed by atoms with van der Waals surface area (Å²) in [4.78, 5) is 0. The molecule has 0 aliphatic heterocycles. The van der Waals surface area contributed by atoms with Gasteiger partial charge in [-0.25, -0.2) is 8.78 Å². The molecular weight excluding hydrogens is 268 g/mol. The van der Waals surface area contributed by atoms with Crippen molar-refractivity contribution in [3.63, 3.8) is 0 Å². The molecule has 0 saturated heterocycles. The van der Waals surface area contributed by atoms with E-state index < -0.39 is 11.6 Å². The zero-order valence-corrected chi connectivity index (χ0v) is 13.3. The van der Waals surface area contributed by atoms with Crippen LogP contribution in [0.1, 0.15) is 52.0 Å². The molecule has 1 saturated carbocycles. The van der Waals surface area contributed by atoms with Gasteiger partial charge in [-0.3, -0.25) is 0 Å². The molecule has 0 aromatic heterocycles. The van der Waals surface area contributed by atoms with Gasteiger partial charge < -0.3 is 5.32 Å². The molecule has 1 N–H and O–H groups in total. The number of hydrogen-bond donors (Lipinski definition) is 1. The summed E-state index contributed by atoms with van der Waals surface area (Å²) in [5, 5.41) is 3.57. The van der Waals surface area contributed by atoms with Crippen molar-refractivity contribution in [3.05, 3.63) is 35.4 Å². The zero-order valence-electron chi connectivity index (χ0n) is 13.3. The molecule has 1 aliphatic rings. The minimum absolute atomic E-state index is 0.0901. The maximum Gasteiger partial charge on any atom is 0.129 e. The molecule has 0 amide bonds. The molecule has 0 heterocycles. The highest BCUT2D eigenvalue weighted by molar-refractivity contribution is 5.20. The van der Waals surface area contributed by atoms with E-state index in [0.29, 0.717) is 18.4 Å². The van der Waals surface area contributed by atoms with E-state index in [9.17, 15) is 8.78 Å². The second-order valence-electron chi connectivity index (χ2n) is 6.84. The van der Waals surface area contributed by atoms with Crippen molar-refractivity contribution in [2.45, 2.75) is 65.0 Å². The molecule has 1 fully saturated rings. The van der Waals surface area contributed by atoms with Crippen LogP contribution in [0.4, 0.5) is 8.78 Å². The van der Waals surface area contributed by atoms with Crippen molar-refractivity contribution in [1.29, 1.82) is 0 Å². The van der Waals surface area contributed by atoms with Crippen LogP contribution in [0.3, 0.4) is 0 Å². The summed E-state index contributed by atoms with van der Waals surface area (Å²) >= 11 is 0. The molecule has 1 nitrogen and oxygen atoms in total. The topological polar surface area (TPSA) is 12.0 Å². The lowest BCUT2D eigenvalue weighted by Gasteiger charge is -2.34. The first-order valence-electron chi connectivity index (χ1n) is 8.16. The van der Waals surface area contributed by atoms with Crippen LogP contribution < -0.4 is 5.32 Å². The number of rotatable bonds is 5. The van der Waals surface area contributed by atoms with Gasteiger partial charge in [-0.1, -0.05) is 32.8 Å². The molecule has 1 aromatic rings. The Bertz CT molecular complexity index is 438. The third kappa shape index (κ3) is 4.50. The number of nitrogens with one attached hydrogen (secondary N) is 1. The van der Waals surface area contributed by atoms with E-state index in [1.807, 2.05) is 6.92 Å². The Morgan fingerprint density at radius 3 is 2.43 bits per heavy atom. The van der Waals surface area contributed by atoms with Gasteiger partial charge in [-0.15, -0.1) is 0 Å². The van der Waals surface area contributed by atoms with E-state index in [4.69, 9.17) is 0 Å². The minimum Gasteiger partial charge on any atom is -0.311 e. The summed E-state index contributed by atoms with van der Waals surface area (Å²) in [6.07, 6.45) is 5.32. The van der Waals surface area contributed by atoms with Crippen molar-refractivity contribution in [2.75, 3.05) is 0 Å². The van der Waals surface area contributed by atoms with Crippen molar-refractivity contribution < 1.29 is 8.78 Å². The van der Waals surface area contributed by atoms with Crippen molar-refractivity contribution >= 4 is 0 Å². The van der Waals surface area contributed by atoms with Crippen LogP contribution in [0.25, 0.3) is 0 Å². The highest BCUT2D eigenvalue weighted by Crippen LogP contribution is 2.30. The number of benzene rings is 1. The Kier molecular flexibility index (Phi) is 5.74. The Labute approximate surface area is 127 Å². The van der Waals surface area contributed by atoms with Crippen LogP contribution >= 0.6 is 0 Å². The van der Waals surface area contributed by atoms with E-state index in [2.05, 4.69) is 19.2 Å². The monoisotopic (exact) mass is 295 g/mol. The molecular formula is C18H27F2N. The summed E-state index contributed by atoms with van der Waals surface area (Å²) in [6.45, 7) is 6.58. The van der Waals surface area contributed by atoms with Gasteiger partial charge in [0.2, 0.25) is 0 Å². The molecule has 1 aliphatic carbocycles. The average molecular weight is 295 g/mol. The van der Waals surface area contributed by atoms with Gasteiger partial charge in [0.15, 0.2) is 0 Å². The predicted molar refractivity (Wildman–Crippen MR) is 83.2 cm³/mol. The Hall–Kier alpha value is -0.960. The van der Waals surface area contributed by atoms with E-state index in [1.54, 1.807) is 0 Å². The fourth-order valence-corrected chi connectivity index (χ4v) is 3.48. The third-order valence-corrected chi connectivity index (χ3v) is 4.75. The van der Waals surface area contributed by atoms with Gasteiger partial charge in [0.05, 0.1) is 0 Å². The summed E-state index contributed by atoms with van der Waals surface area (Å²) in [5.41, 5.74) is 0.203. The first-order valence-corrected chi connectivity index (χ1v) is 8.16. The van der Waals surface area contributed by atoms with Gasteiger partial charge in [0.1, 0.15) is 11.6 Å². The van der Waals surface area contributed by atoms with E-state index in [1.165, 1.54) is 43.9 Å². The van der Waals surface area contributed by atoms with Crippen LogP contribution in [0.2, 0.25) is 0 Å². The highest BCUT2D eigenvalue weighted by atomic mass is 19.1. The first kappa shape index (κ1) is 16.4. The molecule has 21 heavy (non-hydrogen) atoms. The number of halogens is 2. The second-order valence-corrected chi connectivity index (χ2v) is 6.84. The molecule has 3 atom stereocenters. The van der Waals surface area contributed by atoms with Gasteiger partial charge in [-0.2, -0.15) is 0 Å². The summed E-state index contributed by atoms with van der Waals surface area (Å²) in [7, 11) is 0. The molecule has 0 bridgehead atoms. The smallest absolute Gasteiger partial charge is 0.129 e. The molecule has 2 rings (SSSR count). The lowest BCUT2D eigenvalue weighted by molar-refractivity contribution is 0.222. The number of hydrogen-bond acceptors (Lipinski definition) is 1. The minimum atomic E-state index is -0.438. The van der Waals surface area contributed by atoms with Gasteiger partial charge in [-0.05, 0) is 50.2 Å². The Morgan fingerprint density at radius 2 is 1.81 bits per heavy atom. The first-order chi connectivity index (χ1) is 9.97. The highest BCUT2D eigenvalue weighted by Gasteiger charge is 2.25. The molecule has 0 spiro atoms. The van der Waals surface area contributed by atoms with Crippen LogP contribution in [-0.4, -0.2) is 12.1 Å². The standard InChI is InChI=1S/C18H27F2N/c1-12(2)14-6-4-7-15(11-14)21-13(3)10-16-17(19)8-5-9-18(16)20/h5,8-9,12-15,21H,4,6-7,10-11H2,1-3H3. The van der Waals surface area contributed by atoms with E-state index in [0.717, 1.165) is 5.92 Å². The lowest BCUT2D eigenvalue weighted by Crippen LogP contribution is -2.41. The lowest BCUT2D eigenvalue weighted by atomic mass is 9.79. The fourth-order valence-electron chi connectivity index (χ4n) is 3.48. The van der Waals surface area contributed by atoms with E-state index >= 15 is 0 Å². The quantitative estimate of drug-likeness (QED) is 0.830. The average Bonchev–Trinajstić information content (AvgIpc) is 2.43. The largest absolute Gasteiger partial charge is 0.311 e. The maximum absolute atomic E-state index is 13.7. The van der Waals surface area contributed by atoms with Gasteiger partial charge >= 0.3 is 0 Å². The van der Waals surface area contributed by atoms with Crippen molar-refractivity contribution in [1.82, 2.24) is 5.32 Å². The summed E-state index contributed by atoms with van der Waals surface area (Å²) < 4.78 is 27.4. The Morgan fingerprint density at radius 1 is 1.14 bits per heavy atom. The summed E-state index contributed by atoms with van der Waals surface area (Å²) in [5.74, 6) is 0.613. The van der Waals surface area contributed by atoms with Crippen molar-refractivity contribution in [2.24, 2.45) is 11.8 Å². The van der Waals surface area contributed by atoms with Crippen LogP contribution in [0.5, 0.6) is 0 Å². The maximum atomic E-state index is 13.7. The SMILES string of the molecule is CC(Cc1c(F)cccc1F)NC1CCCC(C(C)C)C1. The molecule has 1 aromatic carbocycles. The predicted octanol–water partition coefficient (Wildman–Crippen LogP) is 4.70. The molecule has 3 heteroatoms. The van der Waals surface area contributed by atoms with Crippen LogP contribution in [0, 0.1) is 23.5 Å². The van der Waals surface area contributed by atoms with Crippen LogP contribution in [-0.2, 0) is 6.42 Å². The normalized spacial score (nSPS) is 24.3. The molecule has 118 valence electrons. The molecule has 0 radical (unpaired) electrons. The third-order valence-electron chi connectivity index (χ3n) is 4.75. The second kappa shape index (κ2) is 7.35. The van der Waals surface area contributed by atoms with Gasteiger partial charge in [0, 0.05) is 17.6 Å². The van der Waals surface area contributed by atoms with Crippen LogP contribution in [0.15, 0.2) is 18.2 Å². The Balaban J connectivity index is 1.91. The van der Waals surface area contributed by atoms with Crippen molar-refractivity contribution in [3.8, 4) is 0 Å². The zero-order chi connectivity index (χ0) is 15.4. The molecule has 3 unspecified atom stereocenters. The fraction of sp³-hybridized carbons (Fsp3) is 0.667. The van der Waals surface area contributed by atoms with E-state index in [-0.39, 0.29) is 11.6 Å². The van der Waals surface area contributed by atoms with Gasteiger partial charge in [0.25, 0.3) is 0 Å². The summed E-state index contributed by atoms with van der Waals surface area (Å²) in [6, 6.07) is 4.66.